The second-order valence-electron chi connectivity index (χ2n) is 6.11. The molecule has 0 aliphatic heterocycles. The Hall–Kier alpha value is -2.67. The second-order valence-corrected chi connectivity index (χ2v) is 7.13. The van der Waals surface area contributed by atoms with Gasteiger partial charge >= 0.3 is 5.97 Å². The molecular weight excluding hydrogens is 352 g/mol. The SMILES string of the molecule is Cc1c(C(=O)OC(C)C)sc(NC(=O)CCc2ccccc2)c1C(N)=O. The van der Waals surface area contributed by atoms with Crippen LogP contribution in [0.4, 0.5) is 5.00 Å². The van der Waals surface area contributed by atoms with Gasteiger partial charge in [-0.1, -0.05) is 30.3 Å². The summed E-state index contributed by atoms with van der Waals surface area (Å²) in [5, 5.41) is 2.98. The molecule has 0 unspecified atom stereocenters. The van der Waals surface area contributed by atoms with Crippen molar-refractivity contribution in [2.24, 2.45) is 5.73 Å². The van der Waals surface area contributed by atoms with Crippen molar-refractivity contribution >= 4 is 34.1 Å². The van der Waals surface area contributed by atoms with Crippen molar-refractivity contribution < 1.29 is 19.1 Å². The number of benzene rings is 1. The van der Waals surface area contributed by atoms with Gasteiger partial charge in [0.2, 0.25) is 5.91 Å². The van der Waals surface area contributed by atoms with Crippen LogP contribution in [-0.2, 0) is 16.0 Å². The van der Waals surface area contributed by atoms with Gasteiger partial charge in [-0.3, -0.25) is 9.59 Å². The first kappa shape index (κ1) is 19.7. The molecule has 0 atom stereocenters. The lowest BCUT2D eigenvalue weighted by Gasteiger charge is -2.06. The molecule has 0 radical (unpaired) electrons. The van der Waals surface area contributed by atoms with Gasteiger partial charge in [0.1, 0.15) is 9.88 Å². The van der Waals surface area contributed by atoms with E-state index in [1.807, 2.05) is 30.3 Å². The van der Waals surface area contributed by atoms with Gasteiger partial charge in [0, 0.05) is 6.42 Å². The molecule has 1 aromatic heterocycles. The topological polar surface area (TPSA) is 98.5 Å². The number of thiophene rings is 1. The van der Waals surface area contributed by atoms with Gasteiger partial charge in [0.05, 0.1) is 11.7 Å². The summed E-state index contributed by atoms with van der Waals surface area (Å²) in [6.07, 6.45) is 0.542. The fourth-order valence-corrected chi connectivity index (χ4v) is 3.56. The lowest BCUT2D eigenvalue weighted by molar-refractivity contribution is -0.116. The van der Waals surface area contributed by atoms with Gasteiger partial charge in [-0.15, -0.1) is 11.3 Å². The first-order valence-electron chi connectivity index (χ1n) is 8.27. The van der Waals surface area contributed by atoms with Crippen LogP contribution >= 0.6 is 11.3 Å². The van der Waals surface area contributed by atoms with Crippen LogP contribution in [0.5, 0.6) is 0 Å². The number of rotatable bonds is 7. The first-order valence-corrected chi connectivity index (χ1v) is 9.09. The van der Waals surface area contributed by atoms with E-state index >= 15 is 0 Å². The number of amides is 2. The number of nitrogens with two attached hydrogens (primary N) is 1. The number of hydrogen-bond donors (Lipinski definition) is 2. The van der Waals surface area contributed by atoms with E-state index in [0.29, 0.717) is 12.0 Å². The van der Waals surface area contributed by atoms with Gasteiger partial charge in [0.15, 0.2) is 0 Å². The van der Waals surface area contributed by atoms with Crippen molar-refractivity contribution in [1.82, 2.24) is 0 Å². The molecule has 1 aromatic carbocycles. The Balaban J connectivity index is 2.15. The number of esters is 1. The Morgan fingerprint density at radius 2 is 1.85 bits per heavy atom. The summed E-state index contributed by atoms with van der Waals surface area (Å²) in [5.41, 5.74) is 7.05. The maximum absolute atomic E-state index is 12.3. The lowest BCUT2D eigenvalue weighted by atomic mass is 10.1. The average Bonchev–Trinajstić information content (AvgIpc) is 2.89. The van der Waals surface area contributed by atoms with Gasteiger partial charge in [-0.05, 0) is 38.3 Å². The van der Waals surface area contributed by atoms with Crippen LogP contribution in [0.1, 0.15) is 51.4 Å². The number of carbonyl (C=O) groups excluding carboxylic acids is 3. The Morgan fingerprint density at radius 1 is 1.19 bits per heavy atom. The maximum Gasteiger partial charge on any atom is 0.348 e. The standard InChI is InChI=1S/C19H22N2O4S/c1-11(2)25-19(24)16-12(3)15(17(20)23)18(26-16)21-14(22)10-9-13-7-5-4-6-8-13/h4-8,11H,9-10H2,1-3H3,(H2,20,23)(H,21,22). The zero-order valence-electron chi connectivity index (χ0n) is 15.0. The van der Waals surface area contributed by atoms with E-state index in [4.69, 9.17) is 10.5 Å². The molecule has 3 N–H and O–H groups in total. The molecule has 0 saturated heterocycles. The van der Waals surface area contributed by atoms with Crippen LogP contribution in [0.25, 0.3) is 0 Å². The van der Waals surface area contributed by atoms with E-state index in [1.54, 1.807) is 20.8 Å². The fraction of sp³-hybridized carbons (Fsp3) is 0.316. The predicted octanol–water partition coefficient (Wildman–Crippen LogP) is 3.29. The molecule has 7 heteroatoms. The summed E-state index contributed by atoms with van der Waals surface area (Å²) < 4.78 is 5.18. The van der Waals surface area contributed by atoms with Crippen LogP contribution in [0.3, 0.4) is 0 Å². The van der Waals surface area contributed by atoms with Crippen LogP contribution in [0, 0.1) is 6.92 Å². The first-order chi connectivity index (χ1) is 12.3. The highest BCUT2D eigenvalue weighted by molar-refractivity contribution is 7.18. The maximum atomic E-state index is 12.3. The zero-order chi connectivity index (χ0) is 19.3. The fourth-order valence-electron chi connectivity index (χ4n) is 2.45. The number of nitrogens with one attached hydrogen (secondary N) is 1. The summed E-state index contributed by atoms with van der Waals surface area (Å²) in [6, 6.07) is 9.62. The summed E-state index contributed by atoms with van der Waals surface area (Å²) in [6.45, 7) is 5.09. The van der Waals surface area contributed by atoms with E-state index in [1.165, 1.54) is 0 Å². The van der Waals surface area contributed by atoms with Gasteiger partial charge in [-0.25, -0.2) is 4.79 Å². The molecule has 0 spiro atoms. The molecule has 0 aliphatic carbocycles. The molecule has 2 amide bonds. The van der Waals surface area contributed by atoms with Crippen LogP contribution in [0.2, 0.25) is 0 Å². The molecule has 2 aromatic rings. The van der Waals surface area contributed by atoms with Crippen LogP contribution in [-0.4, -0.2) is 23.9 Å². The highest BCUT2D eigenvalue weighted by Crippen LogP contribution is 2.33. The smallest absolute Gasteiger partial charge is 0.348 e. The van der Waals surface area contributed by atoms with Gasteiger partial charge in [-0.2, -0.15) is 0 Å². The van der Waals surface area contributed by atoms with Crippen molar-refractivity contribution in [3.63, 3.8) is 0 Å². The average molecular weight is 374 g/mol. The molecule has 0 aliphatic rings. The Kier molecular flexibility index (Phi) is 6.52. The molecule has 0 bridgehead atoms. The number of ether oxygens (including phenoxy) is 1. The molecule has 0 fully saturated rings. The normalized spacial score (nSPS) is 10.6. The van der Waals surface area contributed by atoms with E-state index < -0.39 is 11.9 Å². The van der Waals surface area contributed by atoms with E-state index in [9.17, 15) is 14.4 Å². The lowest BCUT2D eigenvalue weighted by Crippen LogP contribution is -2.18. The van der Waals surface area contributed by atoms with Crippen molar-refractivity contribution in [3.05, 3.63) is 51.9 Å². The molecule has 6 nitrogen and oxygen atoms in total. The quantitative estimate of drug-likeness (QED) is 0.727. The molecule has 138 valence electrons. The third kappa shape index (κ3) is 4.92. The van der Waals surface area contributed by atoms with Crippen LogP contribution in [0.15, 0.2) is 30.3 Å². The zero-order valence-corrected chi connectivity index (χ0v) is 15.8. The minimum atomic E-state index is -0.694. The molecule has 1 heterocycles. The Labute approximate surface area is 156 Å². The molecular formula is C19H22N2O4S. The number of carbonyl (C=O) groups is 3. The minimum absolute atomic E-state index is 0.152. The van der Waals surface area contributed by atoms with Crippen molar-refractivity contribution in [1.29, 1.82) is 0 Å². The summed E-state index contributed by atoms with van der Waals surface area (Å²) in [5.74, 6) is -1.48. The molecule has 26 heavy (non-hydrogen) atoms. The number of aryl methyl sites for hydroxylation is 1. The molecule has 2 rings (SSSR count). The van der Waals surface area contributed by atoms with Gasteiger partial charge in [0.25, 0.3) is 5.91 Å². The Bertz CT molecular complexity index is 812. The largest absolute Gasteiger partial charge is 0.459 e. The van der Waals surface area contributed by atoms with Crippen LogP contribution < -0.4 is 11.1 Å². The van der Waals surface area contributed by atoms with E-state index in [0.717, 1.165) is 16.9 Å². The number of hydrogen-bond acceptors (Lipinski definition) is 5. The van der Waals surface area contributed by atoms with Crippen molar-refractivity contribution in [2.45, 2.75) is 39.7 Å². The minimum Gasteiger partial charge on any atom is -0.459 e. The third-order valence-electron chi connectivity index (χ3n) is 3.66. The molecule has 0 saturated carbocycles. The monoisotopic (exact) mass is 374 g/mol. The van der Waals surface area contributed by atoms with E-state index in [-0.39, 0.29) is 33.9 Å². The summed E-state index contributed by atoms with van der Waals surface area (Å²) in [4.78, 5) is 36.5. The third-order valence-corrected chi connectivity index (χ3v) is 4.85. The Morgan fingerprint density at radius 3 is 2.42 bits per heavy atom. The summed E-state index contributed by atoms with van der Waals surface area (Å²) >= 11 is 1.01. The van der Waals surface area contributed by atoms with Crippen molar-refractivity contribution in [2.75, 3.05) is 5.32 Å². The highest BCUT2D eigenvalue weighted by Gasteiger charge is 2.25. The summed E-state index contributed by atoms with van der Waals surface area (Å²) in [7, 11) is 0. The predicted molar refractivity (Wildman–Crippen MR) is 102 cm³/mol. The second kappa shape index (κ2) is 8.62. The number of anilines is 1. The highest BCUT2D eigenvalue weighted by atomic mass is 32.1. The van der Waals surface area contributed by atoms with E-state index in [2.05, 4.69) is 5.32 Å². The number of primary amides is 1. The van der Waals surface area contributed by atoms with Crippen molar-refractivity contribution in [3.8, 4) is 0 Å². The van der Waals surface area contributed by atoms with Gasteiger partial charge < -0.3 is 15.8 Å².